The summed E-state index contributed by atoms with van der Waals surface area (Å²) in [5.41, 5.74) is 3.17. The molecule has 3 heterocycles. The van der Waals surface area contributed by atoms with Crippen molar-refractivity contribution in [3.63, 3.8) is 0 Å². The van der Waals surface area contributed by atoms with Crippen molar-refractivity contribution in [2.45, 2.75) is 17.4 Å². The van der Waals surface area contributed by atoms with Gasteiger partial charge < -0.3 is 18.8 Å². The van der Waals surface area contributed by atoms with Gasteiger partial charge in [0.2, 0.25) is 0 Å². The number of aromatic nitrogens is 2. The fourth-order valence-electron chi connectivity index (χ4n) is 3.57. The Morgan fingerprint density at radius 3 is 2.90 bits per heavy atom. The molecule has 1 aromatic carbocycles. The first-order valence-electron chi connectivity index (χ1n) is 9.19. The Balaban J connectivity index is 1.74. The topological polar surface area (TPSA) is 56.1 Å². The molecule has 3 aromatic rings. The van der Waals surface area contributed by atoms with E-state index in [2.05, 4.69) is 0 Å². The first kappa shape index (κ1) is 21.6. The normalized spacial score (nSPS) is 16.8. The van der Waals surface area contributed by atoms with Crippen LogP contribution in [0.25, 0.3) is 16.9 Å². The Kier molecular flexibility index (Phi) is 6.65. The summed E-state index contributed by atoms with van der Waals surface area (Å²) in [5.74, 6) is 0. The lowest BCUT2D eigenvalue weighted by molar-refractivity contribution is -0.0241. The summed E-state index contributed by atoms with van der Waals surface area (Å²) in [6, 6.07) is 9.22. The summed E-state index contributed by atoms with van der Waals surface area (Å²) in [6.07, 6.45) is 1.85. The van der Waals surface area contributed by atoms with E-state index in [0.29, 0.717) is 41.8 Å². The lowest BCUT2D eigenvalue weighted by atomic mass is 10.1. The van der Waals surface area contributed by atoms with E-state index in [1.807, 2.05) is 28.8 Å². The summed E-state index contributed by atoms with van der Waals surface area (Å²) >= 11 is 12.7. The van der Waals surface area contributed by atoms with Crippen LogP contribution < -0.4 is 0 Å². The van der Waals surface area contributed by atoms with Gasteiger partial charge in [0.15, 0.2) is 0 Å². The van der Waals surface area contributed by atoms with Gasteiger partial charge >= 0.3 is 6.09 Å². The summed E-state index contributed by atoms with van der Waals surface area (Å²) in [7, 11) is 8.34. The molecule has 1 saturated heterocycles. The largest absolute Gasteiger partial charge is 0.453 e. The van der Waals surface area contributed by atoms with Gasteiger partial charge in [0, 0.05) is 40.7 Å². The van der Waals surface area contributed by atoms with Gasteiger partial charge in [-0.3, -0.25) is 0 Å². The molecule has 158 valence electrons. The Labute approximate surface area is 192 Å². The maximum absolute atomic E-state index is 11.9. The van der Waals surface area contributed by atoms with Crippen LogP contribution in [-0.2, 0) is 15.9 Å². The van der Waals surface area contributed by atoms with Crippen molar-refractivity contribution in [3.8, 4) is 11.3 Å². The number of morpholine rings is 1. The number of hydrogen-bond donors (Lipinski definition) is 0. The van der Waals surface area contributed by atoms with Crippen molar-refractivity contribution >= 4 is 56.6 Å². The molecule has 0 radical (unpaired) electrons. The van der Waals surface area contributed by atoms with Crippen molar-refractivity contribution in [3.05, 3.63) is 52.3 Å². The zero-order valence-corrected chi connectivity index (χ0v) is 19.1. The molecule has 1 unspecified atom stereocenters. The maximum Gasteiger partial charge on any atom is 0.409 e. The maximum atomic E-state index is 11.9. The Morgan fingerprint density at radius 2 is 2.17 bits per heavy atom. The van der Waals surface area contributed by atoms with Crippen LogP contribution in [0.5, 0.6) is 0 Å². The molecule has 4 rings (SSSR count). The van der Waals surface area contributed by atoms with E-state index in [1.54, 1.807) is 17.0 Å². The summed E-state index contributed by atoms with van der Waals surface area (Å²) < 4.78 is 12.8. The van der Waals surface area contributed by atoms with Crippen LogP contribution in [0.1, 0.15) is 5.69 Å². The number of amides is 1. The van der Waals surface area contributed by atoms with E-state index >= 15 is 0 Å². The van der Waals surface area contributed by atoms with Crippen LogP contribution >= 0.6 is 44.9 Å². The van der Waals surface area contributed by atoms with Crippen molar-refractivity contribution in [1.82, 2.24) is 14.3 Å². The monoisotopic (exact) mass is 485 g/mol. The predicted molar refractivity (Wildman–Crippen MR) is 120 cm³/mol. The molecule has 1 aliphatic rings. The highest BCUT2D eigenvalue weighted by Crippen LogP contribution is 2.35. The minimum Gasteiger partial charge on any atom is -0.453 e. The number of pyridine rings is 1. The highest BCUT2D eigenvalue weighted by atomic mass is 35.7. The van der Waals surface area contributed by atoms with Crippen LogP contribution in [0.4, 0.5) is 4.79 Å². The number of ether oxygens (including phenoxy) is 2. The average Bonchev–Trinajstić information content (AvgIpc) is 3.10. The van der Waals surface area contributed by atoms with E-state index < -0.39 is 0 Å². The molecule has 2 aromatic heterocycles. The van der Waals surface area contributed by atoms with E-state index in [9.17, 15) is 4.79 Å². The molecule has 1 amide bonds. The second-order valence-corrected chi connectivity index (χ2v) is 8.74. The number of hydrogen-bond acceptors (Lipinski definition) is 5. The lowest BCUT2D eigenvalue weighted by Gasteiger charge is -2.32. The highest BCUT2D eigenvalue weighted by molar-refractivity contribution is 8.21. The number of halogens is 3. The van der Waals surface area contributed by atoms with Crippen LogP contribution in [0.2, 0.25) is 10.0 Å². The number of imidazole rings is 1. The number of benzene rings is 1. The summed E-state index contributed by atoms with van der Waals surface area (Å²) in [4.78, 5) is 19.2. The third-order valence-corrected chi connectivity index (χ3v) is 6.48. The standard InChI is InChI=1S/C20H18Cl3N3O3S/c1-28-20(27)25-6-7-29-13(11-25)9-17-19(15-3-2-14(30-23)10-16(15)22)24-18-8-12(21)4-5-26(17)18/h2-5,8,10,13H,6-7,9,11H2,1H3. The highest BCUT2D eigenvalue weighted by Gasteiger charge is 2.28. The number of carbonyl (C=O) groups excluding carboxylic acids is 1. The molecule has 0 spiro atoms. The molecule has 10 heteroatoms. The molecule has 1 aliphatic heterocycles. The summed E-state index contributed by atoms with van der Waals surface area (Å²) in [5, 5.41) is 1.15. The molecule has 0 aliphatic carbocycles. The van der Waals surface area contributed by atoms with E-state index in [4.69, 9.17) is 48.3 Å². The van der Waals surface area contributed by atoms with Gasteiger partial charge in [0.25, 0.3) is 0 Å². The number of fused-ring (bicyclic) bond motifs is 1. The number of methoxy groups -OCH3 is 1. The van der Waals surface area contributed by atoms with Gasteiger partial charge in [-0.05, 0) is 39.9 Å². The smallest absolute Gasteiger partial charge is 0.409 e. The molecule has 0 bridgehead atoms. The van der Waals surface area contributed by atoms with Crippen molar-refractivity contribution in [1.29, 1.82) is 0 Å². The van der Waals surface area contributed by atoms with Gasteiger partial charge in [0.1, 0.15) is 5.65 Å². The second-order valence-electron chi connectivity index (χ2n) is 6.81. The second kappa shape index (κ2) is 9.24. The third kappa shape index (κ3) is 4.36. The van der Waals surface area contributed by atoms with Gasteiger partial charge in [0.05, 0.1) is 42.8 Å². The average molecular weight is 487 g/mol. The van der Waals surface area contributed by atoms with Crippen molar-refractivity contribution in [2.75, 3.05) is 26.8 Å². The van der Waals surface area contributed by atoms with Crippen molar-refractivity contribution < 1.29 is 14.3 Å². The minimum absolute atomic E-state index is 0.205. The number of carbonyl (C=O) groups is 1. The number of rotatable bonds is 4. The fourth-order valence-corrected chi connectivity index (χ4v) is 4.63. The first-order chi connectivity index (χ1) is 14.5. The molecule has 1 fully saturated rings. The van der Waals surface area contributed by atoms with Crippen molar-refractivity contribution in [2.24, 2.45) is 0 Å². The molecule has 0 N–H and O–H groups in total. The first-order valence-corrected chi connectivity index (χ1v) is 11.6. The predicted octanol–water partition coefficient (Wildman–Crippen LogP) is 5.56. The Morgan fingerprint density at radius 1 is 1.33 bits per heavy atom. The zero-order chi connectivity index (χ0) is 21.3. The van der Waals surface area contributed by atoms with Gasteiger partial charge in [-0.25, -0.2) is 9.78 Å². The molecule has 1 atom stereocenters. The quantitative estimate of drug-likeness (QED) is 0.483. The molecule has 6 nitrogen and oxygen atoms in total. The molecular weight excluding hydrogens is 469 g/mol. The Bertz CT molecular complexity index is 1090. The zero-order valence-electron chi connectivity index (χ0n) is 16.0. The summed E-state index contributed by atoms with van der Waals surface area (Å²) in [6.45, 7) is 1.38. The van der Waals surface area contributed by atoms with Gasteiger partial charge in [-0.15, -0.1) is 0 Å². The molecular formula is C20H18Cl3N3O3S. The van der Waals surface area contributed by atoms with E-state index in [-0.39, 0.29) is 12.2 Å². The molecule has 0 saturated carbocycles. The third-order valence-electron chi connectivity index (χ3n) is 4.96. The van der Waals surface area contributed by atoms with Crippen LogP contribution in [0.3, 0.4) is 0 Å². The Hall–Kier alpha value is -1.64. The van der Waals surface area contributed by atoms with Gasteiger partial charge in [-0.1, -0.05) is 29.3 Å². The lowest BCUT2D eigenvalue weighted by Crippen LogP contribution is -2.46. The van der Waals surface area contributed by atoms with Crippen LogP contribution in [0, 0.1) is 0 Å². The SMILES string of the molecule is COC(=O)N1CCOC(Cc2c(-c3ccc(SCl)cc3Cl)nc3cc(Cl)ccn23)C1. The van der Waals surface area contributed by atoms with Gasteiger partial charge in [-0.2, -0.15) is 0 Å². The van der Waals surface area contributed by atoms with E-state index in [0.717, 1.165) is 32.8 Å². The minimum atomic E-state index is -0.356. The number of nitrogens with zero attached hydrogens (tertiary/aromatic N) is 3. The molecule has 30 heavy (non-hydrogen) atoms. The fraction of sp³-hybridized carbons (Fsp3) is 0.300. The van der Waals surface area contributed by atoms with Crippen LogP contribution in [-0.4, -0.2) is 53.3 Å². The van der Waals surface area contributed by atoms with Crippen LogP contribution in [0.15, 0.2) is 41.4 Å². The van der Waals surface area contributed by atoms with E-state index in [1.165, 1.54) is 7.11 Å².